The van der Waals surface area contributed by atoms with Crippen LogP contribution in [0.3, 0.4) is 0 Å². The number of benzene rings is 1. The van der Waals surface area contributed by atoms with Crippen LogP contribution in [0.1, 0.15) is 37.3 Å². The molecule has 3 heteroatoms. The summed E-state index contributed by atoms with van der Waals surface area (Å²) >= 11 is 0. The topological polar surface area (TPSA) is 21.7 Å². The first-order valence-electron chi connectivity index (χ1n) is 7.70. The van der Waals surface area contributed by atoms with Gasteiger partial charge in [-0.15, -0.1) is 0 Å². The van der Waals surface area contributed by atoms with E-state index in [-0.39, 0.29) is 0 Å². The molecule has 1 fully saturated rings. The molecule has 2 rings (SSSR count). The molecule has 0 atom stereocenters. The molecular weight excluding hydrogens is 250 g/mol. The van der Waals surface area contributed by atoms with Crippen LogP contribution < -0.4 is 4.74 Å². The van der Waals surface area contributed by atoms with Crippen molar-refractivity contribution < 1.29 is 9.47 Å². The predicted molar refractivity (Wildman–Crippen MR) is 82.6 cm³/mol. The molecule has 0 saturated carbocycles. The Bertz CT molecular complexity index is 411. The summed E-state index contributed by atoms with van der Waals surface area (Å²) in [7, 11) is 0. The van der Waals surface area contributed by atoms with Gasteiger partial charge >= 0.3 is 0 Å². The zero-order chi connectivity index (χ0) is 14.4. The van der Waals surface area contributed by atoms with E-state index in [9.17, 15) is 0 Å². The van der Waals surface area contributed by atoms with E-state index in [4.69, 9.17) is 9.47 Å². The molecule has 0 amide bonds. The van der Waals surface area contributed by atoms with Gasteiger partial charge in [-0.25, -0.2) is 0 Å². The summed E-state index contributed by atoms with van der Waals surface area (Å²) < 4.78 is 11.4. The number of hydrogen-bond donors (Lipinski definition) is 0. The highest BCUT2D eigenvalue weighted by atomic mass is 16.5. The fourth-order valence-electron chi connectivity index (χ4n) is 2.54. The highest BCUT2D eigenvalue weighted by Crippen LogP contribution is 2.27. The third-order valence-corrected chi connectivity index (χ3v) is 3.77. The van der Waals surface area contributed by atoms with Gasteiger partial charge < -0.3 is 9.47 Å². The van der Waals surface area contributed by atoms with E-state index in [0.29, 0.717) is 5.92 Å². The molecule has 0 radical (unpaired) electrons. The number of ether oxygens (including phenoxy) is 2. The van der Waals surface area contributed by atoms with Crippen molar-refractivity contribution in [2.75, 3.05) is 39.5 Å². The molecule has 3 nitrogen and oxygen atoms in total. The third kappa shape index (κ3) is 4.50. The van der Waals surface area contributed by atoms with Crippen molar-refractivity contribution in [3.8, 4) is 5.75 Å². The van der Waals surface area contributed by atoms with Crippen LogP contribution in [0.4, 0.5) is 0 Å². The molecule has 1 saturated heterocycles. The molecule has 0 spiro atoms. The Morgan fingerprint density at radius 3 is 2.70 bits per heavy atom. The SMILES string of the molecule is Cc1ccc(C(C)C)c(OCCCN2CCOCC2)c1. The Kier molecular flexibility index (Phi) is 5.86. The minimum atomic E-state index is 0.504. The van der Waals surface area contributed by atoms with Crippen molar-refractivity contribution in [3.05, 3.63) is 29.3 Å². The van der Waals surface area contributed by atoms with Crippen LogP contribution in [-0.2, 0) is 4.74 Å². The lowest BCUT2D eigenvalue weighted by Crippen LogP contribution is -2.37. The van der Waals surface area contributed by atoms with Gasteiger partial charge in [-0.2, -0.15) is 0 Å². The second-order valence-electron chi connectivity index (χ2n) is 5.85. The van der Waals surface area contributed by atoms with Gasteiger partial charge in [-0.3, -0.25) is 4.90 Å². The summed E-state index contributed by atoms with van der Waals surface area (Å²) in [4.78, 5) is 2.45. The molecule has 0 aromatic heterocycles. The number of nitrogens with zero attached hydrogens (tertiary/aromatic N) is 1. The standard InChI is InChI=1S/C17H27NO2/c1-14(2)16-6-5-15(3)13-17(16)20-10-4-7-18-8-11-19-12-9-18/h5-6,13-14H,4,7-12H2,1-3H3. The number of morpholine rings is 1. The van der Waals surface area contributed by atoms with E-state index in [1.807, 2.05) is 0 Å². The van der Waals surface area contributed by atoms with Crippen molar-refractivity contribution in [2.45, 2.75) is 33.1 Å². The zero-order valence-electron chi connectivity index (χ0n) is 13.0. The number of aryl methyl sites for hydroxylation is 1. The first-order valence-corrected chi connectivity index (χ1v) is 7.70. The molecule has 0 unspecified atom stereocenters. The maximum Gasteiger partial charge on any atom is 0.122 e. The summed E-state index contributed by atoms with van der Waals surface area (Å²) in [5, 5.41) is 0. The number of rotatable bonds is 6. The lowest BCUT2D eigenvalue weighted by atomic mass is 10.0. The van der Waals surface area contributed by atoms with E-state index >= 15 is 0 Å². The van der Waals surface area contributed by atoms with Crippen LogP contribution in [0.25, 0.3) is 0 Å². The molecule has 1 aliphatic rings. The Balaban J connectivity index is 1.79. The van der Waals surface area contributed by atoms with Crippen molar-refractivity contribution >= 4 is 0 Å². The van der Waals surface area contributed by atoms with Crippen LogP contribution in [0.5, 0.6) is 5.75 Å². The van der Waals surface area contributed by atoms with Gasteiger partial charge in [-0.1, -0.05) is 26.0 Å². The Hall–Kier alpha value is -1.06. The molecule has 0 N–H and O–H groups in total. The van der Waals surface area contributed by atoms with Crippen LogP contribution in [-0.4, -0.2) is 44.4 Å². The summed E-state index contributed by atoms with van der Waals surface area (Å²) in [6.07, 6.45) is 1.07. The Labute approximate surface area is 122 Å². The Morgan fingerprint density at radius 2 is 2.00 bits per heavy atom. The minimum absolute atomic E-state index is 0.504. The maximum absolute atomic E-state index is 6.01. The molecule has 112 valence electrons. The molecule has 0 bridgehead atoms. The van der Waals surface area contributed by atoms with Crippen LogP contribution in [0, 0.1) is 6.92 Å². The molecule has 1 heterocycles. The summed E-state index contributed by atoms with van der Waals surface area (Å²) in [5.74, 6) is 1.56. The van der Waals surface area contributed by atoms with Gasteiger partial charge in [0.25, 0.3) is 0 Å². The van der Waals surface area contributed by atoms with Crippen molar-refractivity contribution in [1.29, 1.82) is 0 Å². The van der Waals surface area contributed by atoms with Crippen LogP contribution >= 0.6 is 0 Å². The van der Waals surface area contributed by atoms with Crippen molar-refractivity contribution in [1.82, 2.24) is 4.90 Å². The summed E-state index contributed by atoms with van der Waals surface area (Å²) in [5.41, 5.74) is 2.57. The van der Waals surface area contributed by atoms with E-state index in [2.05, 4.69) is 43.9 Å². The van der Waals surface area contributed by atoms with E-state index in [1.165, 1.54) is 11.1 Å². The fourth-order valence-corrected chi connectivity index (χ4v) is 2.54. The maximum atomic E-state index is 6.01. The largest absolute Gasteiger partial charge is 0.493 e. The first-order chi connectivity index (χ1) is 9.66. The normalized spacial score (nSPS) is 16.6. The Morgan fingerprint density at radius 1 is 1.25 bits per heavy atom. The summed E-state index contributed by atoms with van der Waals surface area (Å²) in [6, 6.07) is 6.51. The molecular formula is C17H27NO2. The van der Waals surface area contributed by atoms with Crippen molar-refractivity contribution in [2.24, 2.45) is 0 Å². The zero-order valence-corrected chi connectivity index (χ0v) is 13.0. The third-order valence-electron chi connectivity index (χ3n) is 3.77. The smallest absolute Gasteiger partial charge is 0.122 e. The van der Waals surface area contributed by atoms with Gasteiger partial charge in [0.1, 0.15) is 5.75 Å². The van der Waals surface area contributed by atoms with Gasteiger partial charge in [0, 0.05) is 19.6 Å². The highest BCUT2D eigenvalue weighted by molar-refractivity contribution is 5.39. The predicted octanol–water partition coefficient (Wildman–Crippen LogP) is 3.22. The minimum Gasteiger partial charge on any atom is -0.493 e. The van der Waals surface area contributed by atoms with Gasteiger partial charge in [0.05, 0.1) is 19.8 Å². The molecule has 20 heavy (non-hydrogen) atoms. The quantitative estimate of drug-likeness (QED) is 0.745. The molecule has 1 aromatic rings. The van der Waals surface area contributed by atoms with Crippen molar-refractivity contribution in [3.63, 3.8) is 0 Å². The first kappa shape index (κ1) is 15.3. The van der Waals surface area contributed by atoms with E-state index in [1.54, 1.807) is 0 Å². The monoisotopic (exact) mass is 277 g/mol. The van der Waals surface area contributed by atoms with E-state index < -0.39 is 0 Å². The molecule has 1 aromatic carbocycles. The van der Waals surface area contributed by atoms with Gasteiger partial charge in [-0.05, 0) is 36.5 Å². The van der Waals surface area contributed by atoms with E-state index in [0.717, 1.165) is 51.6 Å². The highest BCUT2D eigenvalue weighted by Gasteiger charge is 2.11. The molecule has 0 aliphatic carbocycles. The second kappa shape index (κ2) is 7.65. The second-order valence-corrected chi connectivity index (χ2v) is 5.85. The average molecular weight is 277 g/mol. The number of hydrogen-bond acceptors (Lipinski definition) is 3. The summed E-state index contributed by atoms with van der Waals surface area (Å²) in [6.45, 7) is 12.3. The van der Waals surface area contributed by atoms with Crippen LogP contribution in [0.2, 0.25) is 0 Å². The average Bonchev–Trinajstić information content (AvgIpc) is 2.44. The fraction of sp³-hybridized carbons (Fsp3) is 0.647. The lowest BCUT2D eigenvalue weighted by Gasteiger charge is -2.26. The van der Waals surface area contributed by atoms with Gasteiger partial charge in [0.2, 0.25) is 0 Å². The molecule has 1 aliphatic heterocycles. The van der Waals surface area contributed by atoms with Crippen LogP contribution in [0.15, 0.2) is 18.2 Å². The lowest BCUT2D eigenvalue weighted by molar-refractivity contribution is 0.0357. The van der Waals surface area contributed by atoms with Gasteiger partial charge in [0.15, 0.2) is 0 Å².